The smallest absolute Gasteiger partial charge is 0.234 e. The molecule has 94 valence electrons. The van der Waals surface area contributed by atoms with Crippen LogP contribution in [0.4, 0.5) is 0 Å². The zero-order valence-electron chi connectivity index (χ0n) is 10.5. The molecule has 1 aromatic rings. The summed E-state index contributed by atoms with van der Waals surface area (Å²) in [7, 11) is 0. The molecule has 0 spiro atoms. The van der Waals surface area contributed by atoms with Crippen LogP contribution in [-0.4, -0.2) is 18.5 Å². The first kappa shape index (κ1) is 14.2. The highest BCUT2D eigenvalue weighted by Crippen LogP contribution is 2.17. The van der Waals surface area contributed by atoms with Gasteiger partial charge in [-0.3, -0.25) is 4.79 Å². The average molecular weight is 299 g/mol. The number of carbonyl (C=O) groups is 1. The molecule has 1 aromatic carbocycles. The Hall–Kier alpha value is -0.870. The van der Waals surface area contributed by atoms with E-state index < -0.39 is 0 Å². The van der Waals surface area contributed by atoms with Crippen molar-refractivity contribution in [3.63, 3.8) is 0 Å². The van der Waals surface area contributed by atoms with E-state index in [0.29, 0.717) is 6.54 Å². The van der Waals surface area contributed by atoms with Crippen LogP contribution in [0.15, 0.2) is 28.7 Å². The molecule has 0 heterocycles. The second kappa shape index (κ2) is 6.77. The summed E-state index contributed by atoms with van der Waals surface area (Å²) in [5.74, 6) is 0.0295. The summed E-state index contributed by atoms with van der Waals surface area (Å²) >= 11 is 3.44. The Balaban J connectivity index is 2.44. The first-order valence-corrected chi connectivity index (χ1v) is 6.56. The van der Waals surface area contributed by atoms with Crippen molar-refractivity contribution in [3.8, 4) is 0 Å². The van der Waals surface area contributed by atoms with E-state index in [1.54, 1.807) is 0 Å². The molecule has 2 N–H and O–H groups in total. The van der Waals surface area contributed by atoms with Gasteiger partial charge in [-0.05, 0) is 38.5 Å². The van der Waals surface area contributed by atoms with Gasteiger partial charge in [-0.25, -0.2) is 0 Å². The van der Waals surface area contributed by atoms with E-state index in [-0.39, 0.29) is 18.0 Å². The van der Waals surface area contributed by atoms with Gasteiger partial charge in [-0.2, -0.15) is 0 Å². The molecule has 0 aliphatic heterocycles. The molecule has 0 bridgehead atoms. The topological polar surface area (TPSA) is 41.1 Å². The van der Waals surface area contributed by atoms with Crippen molar-refractivity contribution < 1.29 is 4.79 Å². The summed E-state index contributed by atoms with van der Waals surface area (Å²) in [6.45, 7) is 6.29. The molecule has 0 aliphatic carbocycles. The summed E-state index contributed by atoms with van der Waals surface area (Å²) in [5, 5.41) is 6.05. The Labute approximate surface area is 111 Å². The molecule has 17 heavy (non-hydrogen) atoms. The molecule has 1 amide bonds. The van der Waals surface area contributed by atoms with Crippen molar-refractivity contribution >= 4 is 21.8 Å². The lowest BCUT2D eigenvalue weighted by atomic mass is 10.1. The third kappa shape index (κ3) is 5.33. The third-order valence-electron chi connectivity index (χ3n) is 2.37. The van der Waals surface area contributed by atoms with Gasteiger partial charge in [-0.1, -0.05) is 28.1 Å². The zero-order valence-corrected chi connectivity index (χ0v) is 12.0. The van der Waals surface area contributed by atoms with Crippen molar-refractivity contribution in [2.45, 2.75) is 32.9 Å². The van der Waals surface area contributed by atoms with Crippen molar-refractivity contribution in [2.24, 2.45) is 0 Å². The molecule has 0 aliphatic rings. The van der Waals surface area contributed by atoms with E-state index in [4.69, 9.17) is 0 Å². The van der Waals surface area contributed by atoms with Gasteiger partial charge in [0.1, 0.15) is 0 Å². The average Bonchev–Trinajstić information content (AvgIpc) is 2.25. The lowest BCUT2D eigenvalue weighted by Gasteiger charge is -2.15. The summed E-state index contributed by atoms with van der Waals surface area (Å²) < 4.78 is 1.05. The number of nitrogens with one attached hydrogen (secondary N) is 2. The van der Waals surface area contributed by atoms with Gasteiger partial charge in [-0.15, -0.1) is 0 Å². The fourth-order valence-corrected chi connectivity index (χ4v) is 1.93. The monoisotopic (exact) mass is 298 g/mol. The van der Waals surface area contributed by atoms with Crippen molar-refractivity contribution in [1.29, 1.82) is 0 Å². The zero-order chi connectivity index (χ0) is 12.8. The summed E-state index contributed by atoms with van der Waals surface area (Å²) in [4.78, 5) is 11.5. The highest BCUT2D eigenvalue weighted by Gasteiger charge is 2.08. The Morgan fingerprint density at radius 2 is 2.06 bits per heavy atom. The van der Waals surface area contributed by atoms with Crippen LogP contribution >= 0.6 is 15.9 Å². The van der Waals surface area contributed by atoms with Crippen molar-refractivity contribution in [3.05, 3.63) is 34.3 Å². The molecule has 1 unspecified atom stereocenters. The van der Waals surface area contributed by atoms with Crippen LogP contribution < -0.4 is 10.6 Å². The van der Waals surface area contributed by atoms with Gasteiger partial charge in [0.15, 0.2) is 0 Å². The number of rotatable bonds is 5. The van der Waals surface area contributed by atoms with Crippen LogP contribution in [0.1, 0.15) is 32.4 Å². The second-order valence-electron chi connectivity index (χ2n) is 4.38. The summed E-state index contributed by atoms with van der Waals surface area (Å²) in [6.07, 6.45) is 0. The van der Waals surface area contributed by atoms with Gasteiger partial charge in [0.25, 0.3) is 0 Å². The third-order valence-corrected chi connectivity index (χ3v) is 2.86. The first-order valence-electron chi connectivity index (χ1n) is 5.77. The minimum absolute atomic E-state index is 0.0295. The minimum Gasteiger partial charge on any atom is -0.353 e. The van der Waals surface area contributed by atoms with Crippen LogP contribution in [0.2, 0.25) is 0 Å². The van der Waals surface area contributed by atoms with Gasteiger partial charge < -0.3 is 10.6 Å². The number of halogens is 1. The van der Waals surface area contributed by atoms with E-state index >= 15 is 0 Å². The minimum atomic E-state index is 0.0295. The highest BCUT2D eigenvalue weighted by molar-refractivity contribution is 9.10. The Kier molecular flexibility index (Phi) is 5.65. The van der Waals surface area contributed by atoms with E-state index in [0.717, 1.165) is 10.0 Å². The fourth-order valence-electron chi connectivity index (χ4n) is 1.51. The second-order valence-corrected chi connectivity index (χ2v) is 5.30. The van der Waals surface area contributed by atoms with Crippen molar-refractivity contribution in [1.82, 2.24) is 10.6 Å². The molecule has 3 nitrogen and oxygen atoms in total. The first-order chi connectivity index (χ1) is 7.99. The maximum Gasteiger partial charge on any atom is 0.234 e. The van der Waals surface area contributed by atoms with Crippen LogP contribution in [0, 0.1) is 0 Å². The predicted octanol–water partition coefficient (Wildman–Crippen LogP) is 2.62. The standard InChI is InChI=1S/C13H19BrN2O/c1-9(2)16-13(17)8-15-10(3)11-5-4-6-12(14)7-11/h4-7,9-10,15H,8H2,1-3H3,(H,16,17). The Morgan fingerprint density at radius 3 is 2.65 bits per heavy atom. The molecular formula is C13H19BrN2O. The van der Waals surface area contributed by atoms with E-state index in [1.807, 2.05) is 39.0 Å². The summed E-state index contributed by atoms with van der Waals surface area (Å²) in [5.41, 5.74) is 1.16. The molecule has 1 rings (SSSR count). The van der Waals surface area contributed by atoms with Gasteiger partial charge in [0.2, 0.25) is 5.91 Å². The van der Waals surface area contributed by atoms with Crippen LogP contribution in [0.3, 0.4) is 0 Å². The van der Waals surface area contributed by atoms with Crippen LogP contribution in [0.25, 0.3) is 0 Å². The number of amides is 1. The normalized spacial score (nSPS) is 12.5. The van der Waals surface area contributed by atoms with E-state index in [9.17, 15) is 4.79 Å². The van der Waals surface area contributed by atoms with Crippen LogP contribution in [0.5, 0.6) is 0 Å². The van der Waals surface area contributed by atoms with E-state index in [1.165, 1.54) is 0 Å². The highest BCUT2D eigenvalue weighted by atomic mass is 79.9. The Morgan fingerprint density at radius 1 is 1.35 bits per heavy atom. The number of carbonyl (C=O) groups excluding carboxylic acids is 1. The van der Waals surface area contributed by atoms with Gasteiger partial charge in [0, 0.05) is 16.6 Å². The SMILES string of the molecule is CC(C)NC(=O)CNC(C)c1cccc(Br)c1. The lowest BCUT2D eigenvalue weighted by Crippen LogP contribution is -2.38. The number of hydrogen-bond acceptors (Lipinski definition) is 2. The fraction of sp³-hybridized carbons (Fsp3) is 0.462. The van der Waals surface area contributed by atoms with Crippen molar-refractivity contribution in [2.75, 3.05) is 6.54 Å². The van der Waals surface area contributed by atoms with E-state index in [2.05, 4.69) is 32.6 Å². The molecule has 0 fully saturated rings. The van der Waals surface area contributed by atoms with Gasteiger partial charge in [0.05, 0.1) is 6.54 Å². The molecular weight excluding hydrogens is 280 g/mol. The molecule has 4 heteroatoms. The molecule has 0 saturated heterocycles. The predicted molar refractivity (Wildman–Crippen MR) is 73.8 cm³/mol. The maximum atomic E-state index is 11.5. The number of benzene rings is 1. The van der Waals surface area contributed by atoms with Gasteiger partial charge >= 0.3 is 0 Å². The lowest BCUT2D eigenvalue weighted by molar-refractivity contribution is -0.120. The molecule has 0 radical (unpaired) electrons. The molecule has 0 saturated carbocycles. The largest absolute Gasteiger partial charge is 0.353 e. The molecule has 0 aromatic heterocycles. The van der Waals surface area contributed by atoms with Crippen LogP contribution in [-0.2, 0) is 4.79 Å². The quantitative estimate of drug-likeness (QED) is 0.877. The Bertz CT molecular complexity index is 379. The molecule has 1 atom stereocenters. The summed E-state index contributed by atoms with van der Waals surface area (Å²) in [6, 6.07) is 8.42. The maximum absolute atomic E-state index is 11.5. The number of hydrogen-bond donors (Lipinski definition) is 2.